The first-order valence-electron chi connectivity index (χ1n) is 2.71. The predicted octanol–water partition coefficient (Wildman–Crippen LogP) is -0.645. The van der Waals surface area contributed by atoms with Gasteiger partial charge in [-0.3, -0.25) is 4.79 Å². The van der Waals surface area contributed by atoms with Crippen LogP contribution < -0.4 is 5.90 Å². The zero-order valence-corrected chi connectivity index (χ0v) is 5.76. The van der Waals surface area contributed by atoms with Crippen LogP contribution in [0.2, 0.25) is 0 Å². The van der Waals surface area contributed by atoms with E-state index >= 15 is 0 Å². The molecule has 0 unspecified atom stereocenters. The first kappa shape index (κ1) is 8.39. The second-order valence-corrected chi connectivity index (χ2v) is 2.04. The Hall–Kier alpha value is -0.610. The van der Waals surface area contributed by atoms with Crippen LogP contribution in [0.1, 0.15) is 6.42 Å². The van der Waals surface area contributed by atoms with E-state index in [1.165, 1.54) is 0 Å². The van der Waals surface area contributed by atoms with Gasteiger partial charge in [0.05, 0.1) is 6.42 Å². The molecule has 0 rings (SSSR count). The summed E-state index contributed by atoms with van der Waals surface area (Å²) < 4.78 is 0. The molecule has 0 aliphatic heterocycles. The zero-order chi connectivity index (χ0) is 7.28. The third-order valence-electron chi connectivity index (χ3n) is 0.895. The first-order chi connectivity index (χ1) is 4.16. The van der Waals surface area contributed by atoms with Gasteiger partial charge in [-0.05, 0) is 14.1 Å². The van der Waals surface area contributed by atoms with Crippen LogP contribution in [-0.2, 0) is 9.63 Å². The van der Waals surface area contributed by atoms with Gasteiger partial charge in [-0.25, -0.2) is 0 Å². The fourth-order valence-electron chi connectivity index (χ4n) is 0.374. The summed E-state index contributed by atoms with van der Waals surface area (Å²) in [5.41, 5.74) is 0. The minimum absolute atomic E-state index is 0.351. The molecule has 0 amide bonds. The molecule has 0 fully saturated rings. The van der Waals surface area contributed by atoms with E-state index in [9.17, 15) is 4.79 Å². The van der Waals surface area contributed by atoms with Gasteiger partial charge in [-0.15, -0.1) is 0 Å². The molecule has 0 atom stereocenters. The molecule has 4 nitrogen and oxygen atoms in total. The summed E-state index contributed by atoms with van der Waals surface area (Å²) in [6.45, 7) is 0.677. The summed E-state index contributed by atoms with van der Waals surface area (Å²) in [6.07, 6.45) is 0.351. The van der Waals surface area contributed by atoms with E-state index in [0.29, 0.717) is 13.0 Å². The van der Waals surface area contributed by atoms with Gasteiger partial charge in [0.1, 0.15) is 0 Å². The molecule has 0 saturated carbocycles. The quantitative estimate of drug-likeness (QED) is 0.519. The monoisotopic (exact) mass is 132 g/mol. The van der Waals surface area contributed by atoms with E-state index in [2.05, 4.69) is 10.7 Å². The molecule has 0 radical (unpaired) electrons. The topological polar surface area (TPSA) is 55.6 Å². The van der Waals surface area contributed by atoms with Crippen LogP contribution in [0.5, 0.6) is 0 Å². The Morgan fingerprint density at radius 1 is 1.67 bits per heavy atom. The highest BCUT2D eigenvalue weighted by Gasteiger charge is 1.99. The minimum Gasteiger partial charge on any atom is -0.373 e. The minimum atomic E-state index is -0.372. The molecule has 9 heavy (non-hydrogen) atoms. The Kier molecular flexibility index (Phi) is 4.00. The van der Waals surface area contributed by atoms with Crippen molar-refractivity contribution in [3.05, 3.63) is 0 Å². The van der Waals surface area contributed by atoms with Crippen molar-refractivity contribution in [1.82, 2.24) is 4.90 Å². The number of hydrogen-bond donors (Lipinski definition) is 1. The fraction of sp³-hybridized carbons (Fsp3) is 0.800. The van der Waals surface area contributed by atoms with Crippen molar-refractivity contribution < 1.29 is 9.63 Å². The van der Waals surface area contributed by atoms with E-state index in [-0.39, 0.29) is 5.97 Å². The zero-order valence-electron chi connectivity index (χ0n) is 5.76. The molecule has 2 N–H and O–H groups in total. The van der Waals surface area contributed by atoms with Crippen molar-refractivity contribution in [2.24, 2.45) is 5.90 Å². The van der Waals surface area contributed by atoms with Crippen LogP contribution in [0.25, 0.3) is 0 Å². The molecular weight excluding hydrogens is 120 g/mol. The van der Waals surface area contributed by atoms with Crippen LogP contribution in [0.3, 0.4) is 0 Å². The average Bonchev–Trinajstić information content (AvgIpc) is 1.83. The van der Waals surface area contributed by atoms with Gasteiger partial charge in [0.2, 0.25) is 0 Å². The summed E-state index contributed by atoms with van der Waals surface area (Å²) in [7, 11) is 3.76. The molecule has 0 aromatic carbocycles. The van der Waals surface area contributed by atoms with Crippen molar-refractivity contribution in [2.75, 3.05) is 20.6 Å². The molecule has 4 heteroatoms. The molecule has 0 spiro atoms. The lowest BCUT2D eigenvalue weighted by Crippen LogP contribution is -2.19. The third kappa shape index (κ3) is 5.26. The number of nitrogens with two attached hydrogens (primary N) is 1. The van der Waals surface area contributed by atoms with Crippen LogP contribution >= 0.6 is 0 Å². The van der Waals surface area contributed by atoms with Crippen molar-refractivity contribution >= 4 is 5.97 Å². The van der Waals surface area contributed by atoms with Crippen molar-refractivity contribution in [3.63, 3.8) is 0 Å². The summed E-state index contributed by atoms with van der Waals surface area (Å²) in [4.78, 5) is 16.2. The molecule has 0 aromatic rings. The third-order valence-corrected chi connectivity index (χ3v) is 0.895. The number of rotatable bonds is 3. The Labute approximate surface area is 54.5 Å². The number of carbonyl (C=O) groups is 1. The number of nitrogens with zero attached hydrogens (tertiary/aromatic N) is 1. The van der Waals surface area contributed by atoms with Gasteiger partial charge >= 0.3 is 5.97 Å². The lowest BCUT2D eigenvalue weighted by atomic mass is 10.4. The highest BCUT2D eigenvalue weighted by atomic mass is 16.7. The number of carbonyl (C=O) groups excluding carboxylic acids is 1. The Balaban J connectivity index is 3.17. The smallest absolute Gasteiger partial charge is 0.325 e. The molecule has 0 heterocycles. The normalized spacial score (nSPS) is 9.78. The molecule has 0 aliphatic carbocycles. The SMILES string of the molecule is CN(C)CCC(=O)ON. The summed E-state index contributed by atoms with van der Waals surface area (Å²) >= 11 is 0. The van der Waals surface area contributed by atoms with E-state index in [1.807, 2.05) is 19.0 Å². The Morgan fingerprint density at radius 3 is 2.56 bits per heavy atom. The maximum absolute atomic E-state index is 10.3. The Morgan fingerprint density at radius 2 is 2.22 bits per heavy atom. The van der Waals surface area contributed by atoms with Crippen LogP contribution in [0, 0.1) is 0 Å². The summed E-state index contributed by atoms with van der Waals surface area (Å²) in [5, 5.41) is 0. The lowest BCUT2D eigenvalue weighted by molar-refractivity contribution is -0.144. The van der Waals surface area contributed by atoms with Gasteiger partial charge in [0, 0.05) is 6.54 Å². The summed E-state index contributed by atoms with van der Waals surface area (Å²) in [6, 6.07) is 0. The second kappa shape index (κ2) is 4.29. The maximum atomic E-state index is 10.3. The Bertz CT molecular complexity index is 93.0. The molecular formula is C5H12N2O2. The molecule has 54 valence electrons. The second-order valence-electron chi connectivity index (χ2n) is 2.04. The van der Waals surface area contributed by atoms with E-state index < -0.39 is 0 Å². The van der Waals surface area contributed by atoms with Crippen LogP contribution in [0.15, 0.2) is 0 Å². The average molecular weight is 132 g/mol. The van der Waals surface area contributed by atoms with E-state index in [4.69, 9.17) is 0 Å². The van der Waals surface area contributed by atoms with Crippen molar-refractivity contribution in [3.8, 4) is 0 Å². The highest BCUT2D eigenvalue weighted by molar-refractivity contribution is 5.69. The largest absolute Gasteiger partial charge is 0.373 e. The molecule has 0 aliphatic rings. The fourth-order valence-corrected chi connectivity index (χ4v) is 0.374. The number of hydrogen-bond acceptors (Lipinski definition) is 4. The van der Waals surface area contributed by atoms with E-state index in [1.54, 1.807) is 0 Å². The first-order valence-corrected chi connectivity index (χ1v) is 2.71. The van der Waals surface area contributed by atoms with Crippen LogP contribution in [-0.4, -0.2) is 31.5 Å². The van der Waals surface area contributed by atoms with Gasteiger partial charge in [-0.1, -0.05) is 0 Å². The van der Waals surface area contributed by atoms with Gasteiger partial charge < -0.3 is 9.74 Å². The standard InChI is InChI=1S/C5H12N2O2/c1-7(2)4-3-5(8)9-6/h3-4,6H2,1-2H3. The predicted molar refractivity (Wildman–Crippen MR) is 33.5 cm³/mol. The van der Waals surface area contributed by atoms with Crippen molar-refractivity contribution in [2.45, 2.75) is 6.42 Å². The molecule has 0 saturated heterocycles. The molecule has 0 aromatic heterocycles. The lowest BCUT2D eigenvalue weighted by Gasteiger charge is -2.06. The van der Waals surface area contributed by atoms with E-state index in [0.717, 1.165) is 0 Å². The van der Waals surface area contributed by atoms with Gasteiger partial charge in [-0.2, -0.15) is 5.90 Å². The highest BCUT2D eigenvalue weighted by Crippen LogP contribution is 1.83. The molecule has 0 bridgehead atoms. The van der Waals surface area contributed by atoms with Gasteiger partial charge in [0.25, 0.3) is 0 Å². The van der Waals surface area contributed by atoms with Crippen molar-refractivity contribution in [1.29, 1.82) is 0 Å². The maximum Gasteiger partial charge on any atom is 0.325 e. The van der Waals surface area contributed by atoms with Gasteiger partial charge in [0.15, 0.2) is 0 Å². The summed E-state index contributed by atoms with van der Waals surface area (Å²) in [5.74, 6) is 4.22. The van der Waals surface area contributed by atoms with Crippen LogP contribution in [0.4, 0.5) is 0 Å².